The lowest BCUT2D eigenvalue weighted by molar-refractivity contribution is 0.0690. The van der Waals surface area contributed by atoms with Crippen LogP contribution in [0.15, 0.2) is 0 Å². The van der Waals surface area contributed by atoms with Crippen LogP contribution in [0.4, 0.5) is 5.82 Å². The molecule has 0 aliphatic heterocycles. The first-order valence-electron chi connectivity index (χ1n) is 2.81. The van der Waals surface area contributed by atoms with E-state index < -0.39 is 5.97 Å². The third-order valence-corrected chi connectivity index (χ3v) is 1.69. The number of nitrogen functional groups attached to an aromatic ring is 1. The Balaban J connectivity index is 3.48. The van der Waals surface area contributed by atoms with Crippen LogP contribution in [0.1, 0.15) is 10.5 Å². The largest absolute Gasteiger partial charge is 0.477 e. The molecule has 0 saturated carbocycles. The van der Waals surface area contributed by atoms with Crippen molar-refractivity contribution in [2.45, 2.75) is 0 Å². The van der Waals surface area contributed by atoms with Gasteiger partial charge in [0.15, 0.2) is 4.77 Å². The molecule has 1 aromatic heterocycles. The van der Waals surface area contributed by atoms with E-state index in [0.29, 0.717) is 0 Å². The van der Waals surface area contributed by atoms with Crippen molar-refractivity contribution in [3.63, 3.8) is 0 Å². The smallest absolute Gasteiger partial charge is 0.354 e. The Labute approximate surface area is 77.2 Å². The molecular formula is C5H4ClN3O2S. The summed E-state index contributed by atoms with van der Waals surface area (Å²) in [6, 6.07) is 0. The normalized spacial score (nSPS) is 9.75. The van der Waals surface area contributed by atoms with Crippen molar-refractivity contribution in [2.24, 2.45) is 0 Å². The number of carboxylic acid groups (broad SMARTS) is 1. The van der Waals surface area contributed by atoms with Gasteiger partial charge < -0.3 is 15.8 Å². The van der Waals surface area contributed by atoms with Crippen LogP contribution in [-0.4, -0.2) is 21.0 Å². The van der Waals surface area contributed by atoms with Crippen LogP contribution in [0.2, 0.25) is 5.02 Å². The molecule has 4 N–H and O–H groups in total. The minimum absolute atomic E-state index is 0.00528. The van der Waals surface area contributed by atoms with E-state index in [1.165, 1.54) is 0 Å². The quantitative estimate of drug-likeness (QED) is 0.597. The van der Waals surface area contributed by atoms with Gasteiger partial charge in [0.05, 0.1) is 0 Å². The van der Waals surface area contributed by atoms with Gasteiger partial charge in [0.1, 0.15) is 16.5 Å². The standard InChI is InChI=1S/C5H4ClN3O2S/c6-1-2(4(10)11)8-5(12)9-3(1)7/h(H,10,11)(H3,7,8,9,12). The molecule has 0 amide bonds. The van der Waals surface area contributed by atoms with E-state index in [9.17, 15) is 4.79 Å². The Morgan fingerprint density at radius 3 is 2.83 bits per heavy atom. The predicted octanol–water partition coefficient (Wildman–Crippen LogP) is 1.07. The molecule has 0 fully saturated rings. The molecule has 0 aliphatic carbocycles. The molecule has 0 aliphatic rings. The molecular weight excluding hydrogens is 202 g/mol. The topological polar surface area (TPSA) is 92.0 Å². The molecule has 7 heteroatoms. The van der Waals surface area contributed by atoms with Crippen molar-refractivity contribution in [1.82, 2.24) is 9.97 Å². The summed E-state index contributed by atoms with van der Waals surface area (Å²) in [7, 11) is 0. The maximum absolute atomic E-state index is 10.5. The highest BCUT2D eigenvalue weighted by atomic mass is 35.5. The van der Waals surface area contributed by atoms with Gasteiger partial charge in [-0.15, -0.1) is 0 Å². The molecule has 1 aromatic rings. The Kier molecular flexibility index (Phi) is 2.30. The summed E-state index contributed by atoms with van der Waals surface area (Å²) >= 11 is 10.1. The van der Waals surface area contributed by atoms with Gasteiger partial charge in [-0.05, 0) is 12.2 Å². The van der Waals surface area contributed by atoms with Gasteiger partial charge in [-0.3, -0.25) is 0 Å². The third kappa shape index (κ3) is 1.54. The Morgan fingerprint density at radius 2 is 2.33 bits per heavy atom. The number of rotatable bonds is 1. The highest BCUT2D eigenvalue weighted by Gasteiger charge is 2.12. The van der Waals surface area contributed by atoms with Gasteiger partial charge >= 0.3 is 5.97 Å². The SMILES string of the molecule is Nc1nc(=S)[nH]c(C(=O)O)c1Cl. The lowest BCUT2D eigenvalue weighted by atomic mass is 10.4. The van der Waals surface area contributed by atoms with Crippen molar-refractivity contribution in [3.8, 4) is 0 Å². The monoisotopic (exact) mass is 205 g/mol. The number of hydrogen-bond donors (Lipinski definition) is 3. The number of carboxylic acids is 1. The summed E-state index contributed by atoms with van der Waals surface area (Å²) in [5, 5.41) is 8.44. The number of hydrogen-bond acceptors (Lipinski definition) is 4. The van der Waals surface area contributed by atoms with Crippen molar-refractivity contribution >= 4 is 35.6 Å². The average molecular weight is 206 g/mol. The fourth-order valence-corrected chi connectivity index (χ4v) is 0.994. The Morgan fingerprint density at radius 1 is 1.75 bits per heavy atom. The molecule has 0 bridgehead atoms. The number of anilines is 1. The zero-order chi connectivity index (χ0) is 9.30. The fraction of sp³-hybridized carbons (Fsp3) is 0. The first-order valence-corrected chi connectivity index (χ1v) is 3.59. The van der Waals surface area contributed by atoms with E-state index in [-0.39, 0.29) is 21.3 Å². The minimum Gasteiger partial charge on any atom is -0.477 e. The summed E-state index contributed by atoms with van der Waals surface area (Å²) in [4.78, 5) is 16.3. The molecule has 64 valence electrons. The van der Waals surface area contributed by atoms with Crippen LogP contribution >= 0.6 is 23.8 Å². The molecule has 5 nitrogen and oxygen atoms in total. The predicted molar refractivity (Wildman–Crippen MR) is 45.8 cm³/mol. The van der Waals surface area contributed by atoms with Gasteiger partial charge in [0.25, 0.3) is 0 Å². The van der Waals surface area contributed by atoms with E-state index in [1.54, 1.807) is 0 Å². The van der Waals surface area contributed by atoms with E-state index in [0.717, 1.165) is 0 Å². The molecule has 1 rings (SSSR count). The molecule has 0 atom stereocenters. The van der Waals surface area contributed by atoms with Crippen LogP contribution < -0.4 is 5.73 Å². The number of aromatic nitrogens is 2. The number of H-pyrrole nitrogens is 1. The van der Waals surface area contributed by atoms with Gasteiger partial charge in [-0.25, -0.2) is 9.78 Å². The fourth-order valence-electron chi connectivity index (χ4n) is 0.624. The first-order chi connectivity index (χ1) is 5.52. The zero-order valence-electron chi connectivity index (χ0n) is 5.67. The number of aromatic carboxylic acids is 1. The molecule has 12 heavy (non-hydrogen) atoms. The number of halogens is 1. The number of nitrogens with zero attached hydrogens (tertiary/aromatic N) is 1. The highest BCUT2D eigenvalue weighted by Crippen LogP contribution is 2.18. The maximum atomic E-state index is 10.5. The highest BCUT2D eigenvalue weighted by molar-refractivity contribution is 7.71. The van der Waals surface area contributed by atoms with Crippen LogP contribution in [-0.2, 0) is 0 Å². The molecule has 1 heterocycles. The average Bonchev–Trinajstić information content (AvgIpc) is 1.96. The summed E-state index contributed by atoms with van der Waals surface area (Å²) in [6.45, 7) is 0. The summed E-state index contributed by atoms with van der Waals surface area (Å²) in [5.41, 5.74) is 5.02. The van der Waals surface area contributed by atoms with Crippen molar-refractivity contribution in [1.29, 1.82) is 0 Å². The Hall–Kier alpha value is -1.14. The second kappa shape index (κ2) is 3.08. The molecule has 0 saturated heterocycles. The van der Waals surface area contributed by atoms with Gasteiger partial charge in [0, 0.05) is 0 Å². The maximum Gasteiger partial charge on any atom is 0.354 e. The van der Waals surface area contributed by atoms with E-state index >= 15 is 0 Å². The lowest BCUT2D eigenvalue weighted by Crippen LogP contribution is -2.05. The van der Waals surface area contributed by atoms with Crippen LogP contribution in [0.5, 0.6) is 0 Å². The number of carbonyl (C=O) groups is 1. The number of nitrogens with one attached hydrogen (secondary N) is 1. The van der Waals surface area contributed by atoms with E-state index in [1.807, 2.05) is 0 Å². The Bertz CT molecular complexity index is 389. The van der Waals surface area contributed by atoms with Crippen LogP contribution in [0.3, 0.4) is 0 Å². The number of aromatic amines is 1. The van der Waals surface area contributed by atoms with Crippen molar-refractivity contribution < 1.29 is 9.90 Å². The summed E-state index contributed by atoms with van der Waals surface area (Å²) in [6.07, 6.45) is 0. The van der Waals surface area contributed by atoms with Crippen molar-refractivity contribution in [3.05, 3.63) is 15.5 Å². The van der Waals surface area contributed by atoms with Crippen LogP contribution in [0, 0.1) is 4.77 Å². The number of nitrogens with two attached hydrogens (primary N) is 1. The van der Waals surface area contributed by atoms with Crippen LogP contribution in [0.25, 0.3) is 0 Å². The molecule has 0 spiro atoms. The summed E-state index contributed by atoms with van der Waals surface area (Å²) < 4.78 is -0.00528. The van der Waals surface area contributed by atoms with Gasteiger partial charge in [-0.1, -0.05) is 11.6 Å². The second-order valence-corrected chi connectivity index (χ2v) is 2.69. The molecule has 0 radical (unpaired) electrons. The minimum atomic E-state index is -1.22. The van der Waals surface area contributed by atoms with E-state index in [2.05, 4.69) is 22.2 Å². The molecule has 0 aromatic carbocycles. The van der Waals surface area contributed by atoms with Gasteiger partial charge in [0.2, 0.25) is 0 Å². The second-order valence-electron chi connectivity index (χ2n) is 1.92. The molecule has 0 unspecified atom stereocenters. The zero-order valence-corrected chi connectivity index (χ0v) is 7.24. The summed E-state index contributed by atoms with van der Waals surface area (Å²) in [5.74, 6) is -1.31. The van der Waals surface area contributed by atoms with Gasteiger partial charge in [-0.2, -0.15) is 0 Å². The lowest BCUT2D eigenvalue weighted by Gasteiger charge is -2.00. The first kappa shape index (κ1) is 8.95. The third-order valence-electron chi connectivity index (χ3n) is 1.11. The van der Waals surface area contributed by atoms with Crippen molar-refractivity contribution in [2.75, 3.05) is 5.73 Å². The van der Waals surface area contributed by atoms with E-state index in [4.69, 9.17) is 22.4 Å².